The Morgan fingerprint density at radius 2 is 1.79 bits per heavy atom. The van der Waals surface area contributed by atoms with Gasteiger partial charge in [0.05, 0.1) is 0 Å². The summed E-state index contributed by atoms with van der Waals surface area (Å²) >= 11 is 3.33. The molecule has 0 aliphatic carbocycles. The van der Waals surface area contributed by atoms with Gasteiger partial charge in [0.15, 0.2) is 0 Å². The number of aromatic nitrogens is 1. The topological polar surface area (TPSA) is 71.1 Å². The van der Waals surface area contributed by atoms with Crippen LogP contribution in [0.1, 0.15) is 28.0 Å². The second kappa shape index (κ2) is 10.2. The highest BCUT2D eigenvalue weighted by Gasteiger charge is 2.07. The van der Waals surface area contributed by atoms with E-state index in [9.17, 15) is 9.59 Å². The first-order chi connectivity index (χ1) is 14.1. The third-order valence-electron chi connectivity index (χ3n) is 3.89. The first kappa shape index (κ1) is 20.3. The van der Waals surface area contributed by atoms with E-state index in [1.165, 1.54) is 0 Å². The molecule has 29 heavy (non-hydrogen) atoms. The number of anilines is 1. The Morgan fingerprint density at radius 3 is 2.55 bits per heavy atom. The average molecular weight is 448 g/mol. The Morgan fingerprint density at radius 1 is 0.966 bits per heavy atom. The Bertz CT molecular complexity index is 1050. The van der Waals surface area contributed by atoms with Gasteiger partial charge in [0.25, 0.3) is 5.91 Å². The molecule has 0 spiro atoms. The van der Waals surface area contributed by atoms with Gasteiger partial charge in [0.2, 0.25) is 5.91 Å². The second-order valence-electron chi connectivity index (χ2n) is 6.11. The van der Waals surface area contributed by atoms with E-state index in [-0.39, 0.29) is 24.8 Å². The number of rotatable bonds is 5. The molecule has 5 nitrogen and oxygen atoms in total. The van der Waals surface area contributed by atoms with Crippen LogP contribution >= 0.6 is 15.9 Å². The van der Waals surface area contributed by atoms with Crippen LogP contribution in [0.15, 0.2) is 77.4 Å². The molecule has 1 aromatic heterocycles. The number of hydrogen-bond acceptors (Lipinski definition) is 3. The van der Waals surface area contributed by atoms with Gasteiger partial charge in [-0.15, -0.1) is 0 Å². The molecule has 2 amide bonds. The van der Waals surface area contributed by atoms with Crippen LogP contribution in [0.25, 0.3) is 0 Å². The number of nitrogens with one attached hydrogen (secondary N) is 2. The van der Waals surface area contributed by atoms with Crippen molar-refractivity contribution in [1.82, 2.24) is 10.3 Å². The van der Waals surface area contributed by atoms with Crippen molar-refractivity contribution < 1.29 is 9.59 Å². The normalized spacial score (nSPS) is 9.83. The summed E-state index contributed by atoms with van der Waals surface area (Å²) in [6.07, 6.45) is 1.86. The zero-order valence-corrected chi connectivity index (χ0v) is 17.1. The first-order valence-corrected chi connectivity index (χ1v) is 9.76. The monoisotopic (exact) mass is 447 g/mol. The van der Waals surface area contributed by atoms with Crippen molar-refractivity contribution in [3.05, 3.63) is 94.2 Å². The van der Waals surface area contributed by atoms with E-state index in [0.29, 0.717) is 16.9 Å². The van der Waals surface area contributed by atoms with E-state index in [0.717, 1.165) is 10.0 Å². The number of benzene rings is 2. The molecule has 0 bridgehead atoms. The van der Waals surface area contributed by atoms with Gasteiger partial charge in [-0.25, -0.2) is 4.98 Å². The van der Waals surface area contributed by atoms with Crippen LogP contribution in [0.4, 0.5) is 5.69 Å². The number of carbonyl (C=O) groups excluding carboxylic acids is 2. The summed E-state index contributed by atoms with van der Waals surface area (Å²) in [6.45, 7) is 0.250. The summed E-state index contributed by atoms with van der Waals surface area (Å²) < 4.78 is 0.903. The predicted octanol–water partition coefficient (Wildman–Crippen LogP) is 4.00. The van der Waals surface area contributed by atoms with Gasteiger partial charge in [-0.1, -0.05) is 34.0 Å². The number of hydrogen-bond donors (Lipinski definition) is 2. The smallest absolute Gasteiger partial charge is 0.251 e. The van der Waals surface area contributed by atoms with Gasteiger partial charge in [-0.3, -0.25) is 9.59 Å². The summed E-state index contributed by atoms with van der Waals surface area (Å²) in [6, 6.07) is 19.9. The molecule has 0 radical (unpaired) electrons. The summed E-state index contributed by atoms with van der Waals surface area (Å²) in [5.74, 6) is 5.62. The maximum Gasteiger partial charge on any atom is 0.251 e. The molecule has 0 fully saturated rings. The predicted molar refractivity (Wildman–Crippen MR) is 116 cm³/mol. The Balaban J connectivity index is 1.50. The minimum Gasteiger partial charge on any atom is -0.352 e. The quantitative estimate of drug-likeness (QED) is 0.580. The lowest BCUT2D eigenvalue weighted by molar-refractivity contribution is -0.116. The van der Waals surface area contributed by atoms with E-state index in [4.69, 9.17) is 0 Å². The highest BCUT2D eigenvalue weighted by atomic mass is 79.9. The standard InChI is InChI=1S/C23H18BrN3O2/c24-19-10-8-18(9-11-19)23(29)26-15-13-22(28)27-21-6-3-4-17(16-21)7-12-20-5-1-2-14-25-20/h1-6,8-11,14,16H,13,15H2,(H,26,29)(H,27,28). The van der Waals surface area contributed by atoms with Gasteiger partial charge in [0, 0.05) is 40.4 Å². The lowest BCUT2D eigenvalue weighted by Gasteiger charge is -2.07. The van der Waals surface area contributed by atoms with Gasteiger partial charge in [0.1, 0.15) is 5.69 Å². The third-order valence-corrected chi connectivity index (χ3v) is 4.42. The highest BCUT2D eigenvalue weighted by Crippen LogP contribution is 2.11. The van der Waals surface area contributed by atoms with Crippen molar-refractivity contribution in [3.63, 3.8) is 0 Å². The van der Waals surface area contributed by atoms with Crippen molar-refractivity contribution in [3.8, 4) is 11.8 Å². The maximum atomic E-state index is 12.2. The molecule has 3 rings (SSSR count). The molecular formula is C23H18BrN3O2. The summed E-state index contributed by atoms with van der Waals surface area (Å²) in [4.78, 5) is 28.4. The molecule has 0 unspecified atom stereocenters. The number of halogens is 1. The Hall–Kier alpha value is -3.43. The molecular weight excluding hydrogens is 430 g/mol. The van der Waals surface area contributed by atoms with Crippen molar-refractivity contribution in [2.75, 3.05) is 11.9 Å². The average Bonchev–Trinajstić information content (AvgIpc) is 2.74. The van der Waals surface area contributed by atoms with Crippen LogP contribution in [-0.2, 0) is 4.79 Å². The SMILES string of the molecule is O=C(CCNC(=O)c1ccc(Br)cc1)Nc1cccc(C#Cc2ccccn2)c1. The minimum absolute atomic E-state index is 0.173. The fourth-order valence-corrected chi connectivity index (χ4v) is 2.73. The number of nitrogens with zero attached hydrogens (tertiary/aromatic N) is 1. The summed E-state index contributed by atoms with van der Waals surface area (Å²) in [5.41, 5.74) is 2.66. The van der Waals surface area contributed by atoms with Crippen LogP contribution < -0.4 is 10.6 Å². The Labute approximate surface area is 177 Å². The van der Waals surface area contributed by atoms with Crippen LogP contribution in [-0.4, -0.2) is 23.3 Å². The highest BCUT2D eigenvalue weighted by molar-refractivity contribution is 9.10. The van der Waals surface area contributed by atoms with E-state index >= 15 is 0 Å². The van der Waals surface area contributed by atoms with Crippen LogP contribution in [0.3, 0.4) is 0 Å². The summed E-state index contributed by atoms with van der Waals surface area (Å²) in [5, 5.41) is 5.56. The molecule has 6 heteroatoms. The van der Waals surface area contributed by atoms with Crippen molar-refractivity contribution >= 4 is 33.4 Å². The van der Waals surface area contributed by atoms with Gasteiger partial charge < -0.3 is 10.6 Å². The van der Waals surface area contributed by atoms with Gasteiger partial charge in [-0.05, 0) is 60.5 Å². The minimum atomic E-state index is -0.211. The molecule has 2 N–H and O–H groups in total. The molecule has 3 aromatic rings. The van der Waals surface area contributed by atoms with Crippen LogP contribution in [0.2, 0.25) is 0 Å². The third kappa shape index (κ3) is 6.59. The van der Waals surface area contributed by atoms with E-state index in [1.54, 1.807) is 42.6 Å². The van der Waals surface area contributed by atoms with Crippen molar-refractivity contribution in [1.29, 1.82) is 0 Å². The second-order valence-corrected chi connectivity index (χ2v) is 7.02. The van der Waals surface area contributed by atoms with Crippen LogP contribution in [0, 0.1) is 11.8 Å². The van der Waals surface area contributed by atoms with E-state index < -0.39 is 0 Å². The van der Waals surface area contributed by atoms with E-state index in [2.05, 4.69) is 43.4 Å². The molecule has 0 aliphatic rings. The van der Waals surface area contributed by atoms with Crippen LogP contribution in [0.5, 0.6) is 0 Å². The van der Waals surface area contributed by atoms with Gasteiger partial charge >= 0.3 is 0 Å². The van der Waals surface area contributed by atoms with E-state index in [1.807, 2.05) is 30.3 Å². The molecule has 144 valence electrons. The first-order valence-electron chi connectivity index (χ1n) is 8.97. The largest absolute Gasteiger partial charge is 0.352 e. The van der Waals surface area contributed by atoms with Crippen molar-refractivity contribution in [2.45, 2.75) is 6.42 Å². The zero-order valence-electron chi connectivity index (χ0n) is 15.5. The molecule has 0 atom stereocenters. The molecule has 0 saturated carbocycles. The summed E-state index contributed by atoms with van der Waals surface area (Å²) in [7, 11) is 0. The maximum absolute atomic E-state index is 12.2. The fraction of sp³-hybridized carbons (Fsp3) is 0.0870. The van der Waals surface area contributed by atoms with Crippen molar-refractivity contribution in [2.24, 2.45) is 0 Å². The molecule has 1 heterocycles. The number of carbonyl (C=O) groups is 2. The Kier molecular flexibility index (Phi) is 7.15. The number of pyridine rings is 1. The number of amides is 2. The fourth-order valence-electron chi connectivity index (χ4n) is 2.46. The molecule has 0 aliphatic heterocycles. The zero-order chi connectivity index (χ0) is 20.5. The molecule has 2 aromatic carbocycles. The lowest BCUT2D eigenvalue weighted by Crippen LogP contribution is -2.27. The van der Waals surface area contributed by atoms with Gasteiger partial charge in [-0.2, -0.15) is 0 Å². The lowest BCUT2D eigenvalue weighted by atomic mass is 10.2. The molecule has 0 saturated heterocycles.